The van der Waals surface area contributed by atoms with Crippen LogP contribution in [0.15, 0.2) is 186 Å². The average molecular weight is 677 g/mol. The number of hydrogen-bond acceptors (Lipinski definition) is 4. The molecule has 1 atom stereocenters. The quantitative estimate of drug-likeness (QED) is 0.0644. The molecule has 0 aromatic heterocycles. The Balaban J connectivity index is 0. The van der Waals surface area contributed by atoms with E-state index in [2.05, 4.69) is 107 Å². The molecule has 4 heteroatoms. The molecule has 0 aromatic carbocycles. The zero-order chi connectivity index (χ0) is 38.8. The number of nitrogens with one attached hydrogen (secondary N) is 3. The summed E-state index contributed by atoms with van der Waals surface area (Å²) in [4.78, 5) is 3.98. The molecule has 0 aliphatic heterocycles. The van der Waals surface area contributed by atoms with Gasteiger partial charge in [0.2, 0.25) is 0 Å². The zero-order valence-electron chi connectivity index (χ0n) is 33.1. The van der Waals surface area contributed by atoms with Crippen LogP contribution in [0.4, 0.5) is 0 Å². The summed E-state index contributed by atoms with van der Waals surface area (Å²) < 4.78 is 0. The van der Waals surface area contributed by atoms with Gasteiger partial charge in [-0.1, -0.05) is 121 Å². The minimum absolute atomic E-state index is 0.0690. The molecule has 0 saturated heterocycles. The van der Waals surface area contributed by atoms with E-state index in [4.69, 9.17) is 0 Å². The van der Waals surface area contributed by atoms with Crippen molar-refractivity contribution >= 4 is 5.71 Å². The maximum atomic E-state index is 4.25. The van der Waals surface area contributed by atoms with Gasteiger partial charge in [0.25, 0.3) is 0 Å². The first-order valence-corrected chi connectivity index (χ1v) is 17.5. The third kappa shape index (κ3) is 18.1. The second-order valence-electron chi connectivity index (χ2n) is 11.9. The fraction of sp³-hybridized carbons (Fsp3) is 0.326. The summed E-state index contributed by atoms with van der Waals surface area (Å²) in [6, 6.07) is 0.0690. The van der Waals surface area contributed by atoms with Crippen LogP contribution in [0.3, 0.4) is 0 Å². The van der Waals surface area contributed by atoms with E-state index in [0.717, 1.165) is 69.9 Å². The lowest BCUT2D eigenvalue weighted by atomic mass is 9.85. The van der Waals surface area contributed by atoms with Crippen LogP contribution in [-0.2, 0) is 0 Å². The first-order chi connectivity index (χ1) is 23.7. The molecule has 272 valence electrons. The van der Waals surface area contributed by atoms with E-state index in [1.54, 1.807) is 18.4 Å². The van der Waals surface area contributed by atoms with Gasteiger partial charge < -0.3 is 16.0 Å². The van der Waals surface area contributed by atoms with E-state index in [0.29, 0.717) is 13.1 Å². The molecule has 0 spiro atoms. The largest absolute Gasteiger partial charge is 0.381 e. The fourth-order valence-electron chi connectivity index (χ4n) is 4.44. The van der Waals surface area contributed by atoms with Crippen molar-refractivity contribution in [3.63, 3.8) is 0 Å². The summed E-state index contributed by atoms with van der Waals surface area (Å²) in [7, 11) is 0. The topological polar surface area (TPSA) is 48.5 Å². The van der Waals surface area contributed by atoms with Crippen molar-refractivity contribution in [1.82, 2.24) is 16.0 Å². The molecule has 3 N–H and O–H groups in total. The van der Waals surface area contributed by atoms with Crippen LogP contribution < -0.4 is 16.0 Å². The second-order valence-corrected chi connectivity index (χ2v) is 11.9. The molecule has 0 fully saturated rings. The summed E-state index contributed by atoms with van der Waals surface area (Å²) in [5, 5.41) is 10.5. The Labute approximate surface area is 307 Å². The molecule has 0 aromatic rings. The molecule has 1 unspecified atom stereocenters. The highest BCUT2D eigenvalue weighted by atomic mass is 14.9. The van der Waals surface area contributed by atoms with E-state index >= 15 is 0 Å². The maximum Gasteiger partial charge on any atom is 0.0507 e. The Morgan fingerprint density at radius 2 is 1.52 bits per heavy atom. The van der Waals surface area contributed by atoms with E-state index in [1.807, 2.05) is 71.9 Å². The number of unbranched alkanes of at least 4 members (excludes halogenated alkanes) is 1. The van der Waals surface area contributed by atoms with Crippen LogP contribution in [0, 0.1) is 0 Å². The Morgan fingerprint density at radius 3 is 2.02 bits per heavy atom. The van der Waals surface area contributed by atoms with Crippen molar-refractivity contribution in [1.29, 1.82) is 0 Å². The number of hydrogen-bond donors (Lipinski definition) is 3. The first kappa shape index (κ1) is 47.3. The Hall–Kier alpha value is -4.83. The van der Waals surface area contributed by atoms with Gasteiger partial charge in [0.15, 0.2) is 0 Å². The molecule has 0 radical (unpaired) electrons. The molecule has 0 amide bonds. The molecule has 4 nitrogen and oxygen atoms in total. The molecule has 0 bridgehead atoms. The van der Waals surface area contributed by atoms with Crippen LogP contribution in [0.25, 0.3) is 0 Å². The highest BCUT2D eigenvalue weighted by Crippen LogP contribution is 2.35. The minimum Gasteiger partial charge on any atom is -0.381 e. The van der Waals surface area contributed by atoms with Crippen LogP contribution in [0.1, 0.15) is 81.6 Å². The summed E-state index contributed by atoms with van der Waals surface area (Å²) in [5.41, 5.74) is 13.3. The SMILES string of the molecule is C/C=C\N=C(C)C.C=C/C=C/CCCC(NC(=C)/C(C)=C/C(=C)C(=C)NC/C(C)=C(C)/C(=C\C=C)CNC1=C(C)C(=C)C1=C)C(=C)C=C.CC. The van der Waals surface area contributed by atoms with Gasteiger partial charge in [-0.2, -0.15) is 0 Å². The Bertz CT molecular complexity index is 1470. The second kappa shape index (κ2) is 27.0. The Kier molecular flexibility index (Phi) is 25.6. The highest BCUT2D eigenvalue weighted by Gasteiger charge is 2.22. The number of aliphatic imine (C=N–C) groups is 1. The van der Waals surface area contributed by atoms with Crippen molar-refractivity contribution in [2.45, 2.75) is 87.6 Å². The lowest BCUT2D eigenvalue weighted by Crippen LogP contribution is -2.29. The molecule has 1 aliphatic rings. The molecule has 0 heterocycles. The fourth-order valence-corrected chi connectivity index (χ4v) is 4.44. The highest BCUT2D eigenvalue weighted by molar-refractivity contribution is 5.79. The summed E-state index contributed by atoms with van der Waals surface area (Å²) in [5.74, 6) is 0. The molecule has 1 rings (SSSR count). The zero-order valence-corrected chi connectivity index (χ0v) is 33.1. The number of nitrogens with zero attached hydrogens (tertiary/aromatic N) is 1. The van der Waals surface area contributed by atoms with Crippen molar-refractivity contribution in [3.8, 4) is 0 Å². The van der Waals surface area contributed by atoms with Crippen molar-refractivity contribution < 1.29 is 0 Å². The van der Waals surface area contributed by atoms with Gasteiger partial charge in [-0.25, -0.2) is 0 Å². The normalized spacial score (nSPS) is 13.8. The predicted molar refractivity (Wildman–Crippen MR) is 229 cm³/mol. The maximum absolute atomic E-state index is 4.25. The lowest BCUT2D eigenvalue weighted by Gasteiger charge is -2.28. The molecule has 1 aliphatic carbocycles. The van der Waals surface area contributed by atoms with Gasteiger partial charge in [-0.15, -0.1) is 0 Å². The van der Waals surface area contributed by atoms with Crippen LogP contribution in [0.2, 0.25) is 0 Å². The van der Waals surface area contributed by atoms with Gasteiger partial charge in [-0.05, 0) is 118 Å². The van der Waals surface area contributed by atoms with Gasteiger partial charge in [-0.3, -0.25) is 4.99 Å². The van der Waals surface area contributed by atoms with Crippen LogP contribution in [0.5, 0.6) is 0 Å². The van der Waals surface area contributed by atoms with Gasteiger partial charge in [0.05, 0.1) is 6.04 Å². The third-order valence-electron chi connectivity index (χ3n) is 7.89. The standard InChI is InChI=1S/C38H51N3.C6H11N.C2H6/c1-14-17-18-19-20-22-37(26(4)16-3)41-35(13)28(6)23-27(5)34(12)39-24-29(7)30(8)36(21-15-2)25-40-38-32(10)31(9)33(38)11;1-4-5-7-6(2)3;1-2/h14-18,21,23,37,39-41H,1-5,9-10,12-13,19-20,22,24-25H2,6-8,11H3;4-5H,1-3H3;1-2H3/b18-17+,28-23+,30-29+,36-21-;5-4-;. The van der Waals surface area contributed by atoms with Crippen molar-refractivity contribution in [3.05, 3.63) is 181 Å². The third-order valence-corrected chi connectivity index (χ3v) is 7.89. The molecular weight excluding hydrogens is 609 g/mol. The summed E-state index contributed by atoms with van der Waals surface area (Å²) in [6.45, 7) is 56.1. The monoisotopic (exact) mass is 677 g/mol. The van der Waals surface area contributed by atoms with Crippen molar-refractivity contribution in [2.24, 2.45) is 4.99 Å². The van der Waals surface area contributed by atoms with E-state index in [1.165, 1.54) is 22.3 Å². The van der Waals surface area contributed by atoms with Crippen molar-refractivity contribution in [2.75, 3.05) is 13.1 Å². The van der Waals surface area contributed by atoms with Crippen LogP contribution >= 0.6 is 0 Å². The van der Waals surface area contributed by atoms with E-state index in [-0.39, 0.29) is 6.04 Å². The smallest absolute Gasteiger partial charge is 0.0507 e. The summed E-state index contributed by atoms with van der Waals surface area (Å²) >= 11 is 0. The minimum atomic E-state index is 0.0690. The number of rotatable bonds is 21. The number of allylic oxidation sites excluding steroid dienone is 10. The average Bonchev–Trinajstić information content (AvgIpc) is 3.11. The van der Waals surface area contributed by atoms with Gasteiger partial charge >= 0.3 is 0 Å². The van der Waals surface area contributed by atoms with E-state index < -0.39 is 0 Å². The first-order valence-electron chi connectivity index (χ1n) is 17.5. The van der Waals surface area contributed by atoms with E-state index in [9.17, 15) is 0 Å². The van der Waals surface area contributed by atoms with Gasteiger partial charge in [0.1, 0.15) is 0 Å². The lowest BCUT2D eigenvalue weighted by molar-refractivity contribution is 0.580. The summed E-state index contributed by atoms with van der Waals surface area (Å²) in [6.07, 6.45) is 20.2. The van der Waals surface area contributed by atoms with Gasteiger partial charge in [0, 0.05) is 42.1 Å². The molecule has 50 heavy (non-hydrogen) atoms. The van der Waals surface area contributed by atoms with Crippen LogP contribution in [-0.4, -0.2) is 24.8 Å². The predicted octanol–water partition coefficient (Wildman–Crippen LogP) is 12.2. The Morgan fingerprint density at radius 1 is 0.880 bits per heavy atom. The molecular formula is C46H68N4. The molecule has 0 saturated carbocycles.